The van der Waals surface area contributed by atoms with Crippen LogP contribution in [0, 0.1) is 0 Å². The van der Waals surface area contributed by atoms with Gasteiger partial charge in [0, 0.05) is 52.4 Å². The van der Waals surface area contributed by atoms with E-state index >= 15 is 0 Å². The number of hydrogen-bond donors (Lipinski definition) is 5. The normalized spacial score (nSPS) is 10.7. The van der Waals surface area contributed by atoms with Gasteiger partial charge in [-0.3, -0.25) is 4.79 Å². The summed E-state index contributed by atoms with van der Waals surface area (Å²) in [5.74, 6) is 1.76. The molecular formula is C13H31N5OS. The molecule has 0 aliphatic heterocycles. The minimum atomic E-state index is 0.134. The Bertz CT molecular complexity index is 219. The van der Waals surface area contributed by atoms with Gasteiger partial charge in [0.15, 0.2) is 0 Å². The molecule has 0 saturated heterocycles. The van der Waals surface area contributed by atoms with Gasteiger partial charge in [0.05, 0.1) is 5.75 Å². The summed E-state index contributed by atoms with van der Waals surface area (Å²) in [5, 5.41) is 12.7. The maximum Gasteiger partial charge on any atom is 0.230 e. The molecule has 0 aromatic carbocycles. The predicted octanol–water partition coefficient (Wildman–Crippen LogP) is -1.03. The Morgan fingerprint density at radius 3 is 2.05 bits per heavy atom. The van der Waals surface area contributed by atoms with Gasteiger partial charge >= 0.3 is 0 Å². The zero-order valence-electron chi connectivity index (χ0n) is 12.7. The highest BCUT2D eigenvalue weighted by molar-refractivity contribution is 7.99. The molecule has 20 heavy (non-hydrogen) atoms. The molecule has 0 radical (unpaired) electrons. The molecule has 0 rings (SSSR count). The van der Waals surface area contributed by atoms with Gasteiger partial charge in [0.2, 0.25) is 5.91 Å². The summed E-state index contributed by atoms with van der Waals surface area (Å²) >= 11 is 1.69. The number of rotatable bonds is 15. The van der Waals surface area contributed by atoms with Gasteiger partial charge in [-0.1, -0.05) is 6.92 Å². The molecule has 7 heteroatoms. The van der Waals surface area contributed by atoms with Crippen molar-refractivity contribution in [3.05, 3.63) is 0 Å². The number of nitrogens with one attached hydrogen (secondary N) is 4. The third kappa shape index (κ3) is 15.7. The Labute approximate surface area is 127 Å². The summed E-state index contributed by atoms with van der Waals surface area (Å²) in [4.78, 5) is 11.4. The molecule has 0 aliphatic carbocycles. The van der Waals surface area contributed by atoms with Crippen molar-refractivity contribution in [2.24, 2.45) is 5.73 Å². The van der Waals surface area contributed by atoms with Gasteiger partial charge in [0.25, 0.3) is 0 Å². The van der Waals surface area contributed by atoms with E-state index in [1.54, 1.807) is 11.8 Å². The zero-order chi connectivity index (χ0) is 14.9. The number of amides is 1. The summed E-state index contributed by atoms with van der Waals surface area (Å²) in [5.41, 5.74) is 5.37. The van der Waals surface area contributed by atoms with Crippen molar-refractivity contribution in [3.8, 4) is 0 Å². The van der Waals surface area contributed by atoms with Crippen molar-refractivity contribution < 1.29 is 4.79 Å². The van der Waals surface area contributed by atoms with E-state index in [1.165, 1.54) is 0 Å². The fourth-order valence-corrected chi connectivity index (χ4v) is 2.20. The van der Waals surface area contributed by atoms with Gasteiger partial charge in [-0.05, 0) is 12.2 Å². The van der Waals surface area contributed by atoms with Crippen LogP contribution in [0.1, 0.15) is 13.3 Å². The van der Waals surface area contributed by atoms with E-state index in [0.717, 1.165) is 51.4 Å². The maximum absolute atomic E-state index is 11.4. The van der Waals surface area contributed by atoms with E-state index in [1.807, 2.05) is 0 Å². The number of hydrogen-bond acceptors (Lipinski definition) is 6. The highest BCUT2D eigenvalue weighted by atomic mass is 32.2. The SMILES string of the molecule is CCCSCC(=O)NCCNCCNCCNCCN. The molecule has 6 nitrogen and oxygen atoms in total. The van der Waals surface area contributed by atoms with Crippen LogP contribution in [0.25, 0.3) is 0 Å². The van der Waals surface area contributed by atoms with E-state index in [0.29, 0.717) is 18.8 Å². The molecule has 0 fully saturated rings. The summed E-state index contributed by atoms with van der Waals surface area (Å²) < 4.78 is 0. The van der Waals surface area contributed by atoms with Crippen molar-refractivity contribution in [2.45, 2.75) is 13.3 Å². The van der Waals surface area contributed by atoms with E-state index in [2.05, 4.69) is 28.2 Å². The summed E-state index contributed by atoms with van der Waals surface area (Å²) in [6.45, 7) is 8.94. The van der Waals surface area contributed by atoms with Crippen molar-refractivity contribution in [1.82, 2.24) is 21.3 Å². The van der Waals surface area contributed by atoms with Gasteiger partial charge in [-0.25, -0.2) is 0 Å². The van der Waals surface area contributed by atoms with Gasteiger partial charge in [-0.2, -0.15) is 11.8 Å². The fraction of sp³-hybridized carbons (Fsp3) is 0.923. The van der Waals surface area contributed by atoms with Crippen molar-refractivity contribution in [3.63, 3.8) is 0 Å². The lowest BCUT2D eigenvalue weighted by Crippen LogP contribution is -2.37. The Morgan fingerprint density at radius 2 is 1.50 bits per heavy atom. The third-order valence-electron chi connectivity index (χ3n) is 2.48. The standard InChI is InChI=1S/C13H31N5OS/c1-2-11-20-12-13(19)18-10-9-17-8-7-16-6-5-15-4-3-14/h15-17H,2-12,14H2,1H3,(H,18,19). The zero-order valence-corrected chi connectivity index (χ0v) is 13.5. The lowest BCUT2D eigenvalue weighted by Gasteiger charge is -2.08. The van der Waals surface area contributed by atoms with Crippen LogP contribution >= 0.6 is 11.8 Å². The molecule has 0 aromatic heterocycles. The van der Waals surface area contributed by atoms with Gasteiger partial charge < -0.3 is 27.0 Å². The Kier molecular flexibility index (Phi) is 16.4. The van der Waals surface area contributed by atoms with E-state index in [-0.39, 0.29) is 5.91 Å². The predicted molar refractivity (Wildman–Crippen MR) is 88.3 cm³/mol. The first-order valence-electron chi connectivity index (χ1n) is 7.48. The van der Waals surface area contributed by atoms with Gasteiger partial charge in [0.1, 0.15) is 0 Å². The van der Waals surface area contributed by atoms with Crippen LogP contribution in [0.5, 0.6) is 0 Å². The lowest BCUT2D eigenvalue weighted by atomic mass is 10.5. The van der Waals surface area contributed by atoms with E-state index in [4.69, 9.17) is 5.73 Å². The molecule has 6 N–H and O–H groups in total. The second-order valence-corrected chi connectivity index (χ2v) is 5.55. The van der Waals surface area contributed by atoms with Crippen molar-refractivity contribution in [2.75, 3.05) is 63.9 Å². The van der Waals surface area contributed by atoms with Crippen LogP contribution < -0.4 is 27.0 Å². The highest BCUT2D eigenvalue weighted by Gasteiger charge is 1.99. The molecule has 0 aromatic rings. The minimum absolute atomic E-state index is 0.134. The van der Waals surface area contributed by atoms with Crippen molar-refractivity contribution >= 4 is 17.7 Å². The number of nitrogens with two attached hydrogens (primary N) is 1. The first kappa shape index (κ1) is 19.7. The molecular weight excluding hydrogens is 274 g/mol. The molecule has 0 bridgehead atoms. The lowest BCUT2D eigenvalue weighted by molar-refractivity contribution is -0.118. The molecule has 0 atom stereocenters. The van der Waals surface area contributed by atoms with Crippen LogP contribution in [-0.2, 0) is 4.79 Å². The summed E-state index contributed by atoms with van der Waals surface area (Å²) in [7, 11) is 0. The number of carbonyl (C=O) groups excluding carboxylic acids is 1. The summed E-state index contributed by atoms with van der Waals surface area (Å²) in [6, 6.07) is 0. The smallest absolute Gasteiger partial charge is 0.230 e. The molecule has 0 heterocycles. The van der Waals surface area contributed by atoms with Crippen LogP contribution in [0.4, 0.5) is 0 Å². The topological polar surface area (TPSA) is 91.2 Å². The molecule has 1 amide bonds. The molecule has 0 saturated carbocycles. The number of carbonyl (C=O) groups is 1. The third-order valence-corrected chi connectivity index (χ3v) is 3.65. The van der Waals surface area contributed by atoms with Crippen LogP contribution in [0.3, 0.4) is 0 Å². The summed E-state index contributed by atoms with van der Waals surface area (Å²) in [6.07, 6.45) is 1.12. The Hall–Kier alpha value is -0.340. The highest BCUT2D eigenvalue weighted by Crippen LogP contribution is 2.00. The second kappa shape index (κ2) is 16.7. The average Bonchev–Trinajstić information content (AvgIpc) is 2.45. The molecule has 0 spiro atoms. The first-order valence-corrected chi connectivity index (χ1v) is 8.63. The maximum atomic E-state index is 11.4. The molecule has 0 unspecified atom stereocenters. The Morgan fingerprint density at radius 1 is 0.950 bits per heavy atom. The van der Waals surface area contributed by atoms with E-state index < -0.39 is 0 Å². The quantitative estimate of drug-likeness (QED) is 0.249. The van der Waals surface area contributed by atoms with Crippen molar-refractivity contribution in [1.29, 1.82) is 0 Å². The monoisotopic (exact) mass is 305 g/mol. The second-order valence-electron chi connectivity index (χ2n) is 4.44. The first-order chi connectivity index (χ1) is 9.81. The minimum Gasteiger partial charge on any atom is -0.354 e. The van der Waals surface area contributed by atoms with Crippen LogP contribution in [0.2, 0.25) is 0 Å². The fourth-order valence-electron chi connectivity index (χ4n) is 1.48. The molecule has 0 aliphatic rings. The largest absolute Gasteiger partial charge is 0.354 e. The molecule has 120 valence electrons. The van der Waals surface area contributed by atoms with Gasteiger partial charge in [-0.15, -0.1) is 0 Å². The van der Waals surface area contributed by atoms with Crippen LogP contribution in [0.15, 0.2) is 0 Å². The average molecular weight is 305 g/mol. The van der Waals surface area contributed by atoms with E-state index in [9.17, 15) is 4.79 Å². The van der Waals surface area contributed by atoms with Crippen LogP contribution in [-0.4, -0.2) is 69.8 Å². The Balaban J connectivity index is 3.07. The number of thioether (sulfide) groups is 1.